The Kier molecular flexibility index (Phi) is 8.01. The lowest BCUT2D eigenvalue weighted by molar-refractivity contribution is -0.128. The fourth-order valence-corrected chi connectivity index (χ4v) is 4.34. The lowest BCUT2D eigenvalue weighted by Crippen LogP contribution is -2.32. The molecule has 24 heavy (non-hydrogen) atoms. The average Bonchev–Trinajstić information content (AvgIpc) is 3.25. The molecule has 1 amide bonds. The number of carbonyl (C=O) groups excluding carboxylic acids is 1. The Morgan fingerprint density at radius 2 is 2.38 bits per heavy atom. The molecule has 2 heterocycles. The van der Waals surface area contributed by atoms with Crippen LogP contribution in [0.1, 0.15) is 18.2 Å². The van der Waals surface area contributed by atoms with Gasteiger partial charge in [-0.15, -0.1) is 21.5 Å². The van der Waals surface area contributed by atoms with E-state index in [1.54, 1.807) is 16.2 Å². The van der Waals surface area contributed by atoms with Crippen LogP contribution in [0.25, 0.3) is 0 Å². The number of nitriles is 1. The van der Waals surface area contributed by atoms with Crippen LogP contribution in [0, 0.1) is 11.3 Å². The highest BCUT2D eigenvalue weighted by molar-refractivity contribution is 8.01. The smallest absolute Gasteiger partial charge is 0.233 e. The minimum absolute atomic E-state index is 0.0279. The average molecular weight is 382 g/mol. The molecular formula is C15H19N5OS3. The van der Waals surface area contributed by atoms with Crippen molar-refractivity contribution in [2.75, 3.05) is 30.7 Å². The minimum Gasteiger partial charge on any atom is -0.360 e. The molecule has 0 saturated carbocycles. The van der Waals surface area contributed by atoms with Crippen LogP contribution in [0.4, 0.5) is 5.13 Å². The van der Waals surface area contributed by atoms with Crippen LogP contribution in [0.15, 0.2) is 21.9 Å². The monoisotopic (exact) mass is 381 g/mol. The topological polar surface area (TPSA) is 81.9 Å². The predicted molar refractivity (Wildman–Crippen MR) is 99.6 cm³/mol. The number of thioether (sulfide) groups is 1. The minimum atomic E-state index is 0.0279. The molecule has 0 radical (unpaired) electrons. The number of amides is 1. The van der Waals surface area contributed by atoms with Crippen molar-refractivity contribution in [3.63, 3.8) is 0 Å². The molecule has 0 aliphatic heterocycles. The number of aromatic nitrogens is 2. The zero-order chi connectivity index (χ0) is 17.2. The third-order valence-electron chi connectivity index (χ3n) is 3.18. The van der Waals surface area contributed by atoms with Gasteiger partial charge in [0.2, 0.25) is 11.0 Å². The quantitative estimate of drug-likeness (QED) is 0.637. The molecule has 0 spiro atoms. The van der Waals surface area contributed by atoms with E-state index in [4.69, 9.17) is 5.26 Å². The fraction of sp³-hybridized carbons (Fsp3) is 0.467. The van der Waals surface area contributed by atoms with Gasteiger partial charge < -0.3 is 10.2 Å². The van der Waals surface area contributed by atoms with Gasteiger partial charge in [-0.2, -0.15) is 5.26 Å². The highest BCUT2D eigenvalue weighted by atomic mass is 32.2. The Labute approximate surface area is 153 Å². The molecule has 2 rings (SSSR count). The molecule has 6 nitrogen and oxygen atoms in total. The van der Waals surface area contributed by atoms with Crippen LogP contribution < -0.4 is 5.32 Å². The highest BCUT2D eigenvalue weighted by Crippen LogP contribution is 2.25. The predicted octanol–water partition coefficient (Wildman–Crippen LogP) is 3.11. The Bertz CT molecular complexity index is 665. The van der Waals surface area contributed by atoms with E-state index in [9.17, 15) is 4.79 Å². The molecule has 0 aliphatic rings. The molecule has 2 aromatic rings. The van der Waals surface area contributed by atoms with Crippen molar-refractivity contribution >= 4 is 45.5 Å². The number of hydrogen-bond donors (Lipinski definition) is 1. The molecule has 9 heteroatoms. The summed E-state index contributed by atoms with van der Waals surface area (Å²) >= 11 is 4.60. The molecule has 0 saturated heterocycles. The van der Waals surface area contributed by atoms with Crippen molar-refractivity contribution < 1.29 is 4.79 Å². The van der Waals surface area contributed by atoms with Gasteiger partial charge in [0.1, 0.15) is 0 Å². The zero-order valence-corrected chi connectivity index (χ0v) is 15.8. The number of carbonyl (C=O) groups is 1. The second-order valence-electron chi connectivity index (χ2n) is 4.80. The van der Waals surface area contributed by atoms with E-state index in [0.717, 1.165) is 22.4 Å². The van der Waals surface area contributed by atoms with Crippen LogP contribution >= 0.6 is 34.4 Å². The molecule has 0 unspecified atom stereocenters. The first-order valence-electron chi connectivity index (χ1n) is 7.60. The normalized spacial score (nSPS) is 10.3. The lowest BCUT2D eigenvalue weighted by atomic mass is 10.3. The third kappa shape index (κ3) is 6.11. The van der Waals surface area contributed by atoms with Crippen molar-refractivity contribution in [1.29, 1.82) is 5.26 Å². The van der Waals surface area contributed by atoms with E-state index in [1.165, 1.54) is 28.0 Å². The summed E-state index contributed by atoms with van der Waals surface area (Å²) in [5.74, 6) is 0.350. The van der Waals surface area contributed by atoms with Gasteiger partial charge in [0.05, 0.1) is 18.2 Å². The van der Waals surface area contributed by atoms with Crippen LogP contribution in [-0.4, -0.2) is 46.4 Å². The largest absolute Gasteiger partial charge is 0.360 e. The van der Waals surface area contributed by atoms with Crippen molar-refractivity contribution in [2.24, 2.45) is 0 Å². The van der Waals surface area contributed by atoms with Gasteiger partial charge >= 0.3 is 0 Å². The summed E-state index contributed by atoms with van der Waals surface area (Å²) in [6.45, 7) is 3.84. The third-order valence-corrected chi connectivity index (χ3v) is 6.12. The molecule has 0 atom stereocenters. The zero-order valence-electron chi connectivity index (χ0n) is 13.4. The Morgan fingerprint density at radius 3 is 3.08 bits per heavy atom. The molecular weight excluding hydrogens is 362 g/mol. The summed E-state index contributed by atoms with van der Waals surface area (Å²) in [5, 5.41) is 22.9. The van der Waals surface area contributed by atoms with E-state index < -0.39 is 0 Å². The first-order valence-corrected chi connectivity index (χ1v) is 10.3. The van der Waals surface area contributed by atoms with Crippen molar-refractivity contribution in [3.8, 4) is 6.07 Å². The van der Waals surface area contributed by atoms with Gasteiger partial charge in [-0.1, -0.05) is 29.2 Å². The SMILES string of the molecule is CCN(CCC#N)C(=O)CSc1nnc(NCCc2cccs2)s1. The van der Waals surface area contributed by atoms with Crippen molar-refractivity contribution in [3.05, 3.63) is 22.4 Å². The first kappa shape index (κ1) is 18.7. The summed E-state index contributed by atoms with van der Waals surface area (Å²) in [7, 11) is 0. The van der Waals surface area contributed by atoms with Crippen molar-refractivity contribution in [2.45, 2.75) is 24.1 Å². The Balaban J connectivity index is 1.72. The summed E-state index contributed by atoms with van der Waals surface area (Å²) in [6, 6.07) is 6.23. The maximum absolute atomic E-state index is 12.1. The van der Waals surface area contributed by atoms with Crippen LogP contribution in [0.5, 0.6) is 0 Å². The van der Waals surface area contributed by atoms with E-state index in [2.05, 4.69) is 33.0 Å². The number of thiophene rings is 1. The van der Waals surface area contributed by atoms with E-state index in [0.29, 0.717) is 25.3 Å². The standard InChI is InChI=1S/C15H19N5OS3/c1-2-20(9-4-7-16)13(21)11-23-15-19-18-14(24-15)17-8-6-12-5-3-10-22-12/h3,5,10H,2,4,6,8-9,11H2,1H3,(H,17,18). The van der Waals surface area contributed by atoms with Gasteiger partial charge in [-0.25, -0.2) is 0 Å². The second-order valence-corrected chi connectivity index (χ2v) is 8.03. The van der Waals surface area contributed by atoms with Crippen LogP contribution in [-0.2, 0) is 11.2 Å². The van der Waals surface area contributed by atoms with Crippen LogP contribution in [0.3, 0.4) is 0 Å². The molecule has 0 fully saturated rings. The molecule has 2 aromatic heterocycles. The Morgan fingerprint density at radius 1 is 1.50 bits per heavy atom. The summed E-state index contributed by atoms with van der Waals surface area (Å²) in [6.07, 6.45) is 1.32. The number of nitrogens with zero attached hydrogens (tertiary/aromatic N) is 4. The summed E-state index contributed by atoms with van der Waals surface area (Å²) in [4.78, 5) is 15.1. The van der Waals surface area contributed by atoms with Crippen LogP contribution in [0.2, 0.25) is 0 Å². The number of rotatable bonds is 10. The second kappa shape index (κ2) is 10.3. The summed E-state index contributed by atoms with van der Waals surface area (Å²) < 4.78 is 0.776. The molecule has 0 bridgehead atoms. The van der Waals surface area contributed by atoms with Gasteiger partial charge in [0, 0.05) is 24.5 Å². The Hall–Kier alpha value is -1.63. The number of nitrogens with one attached hydrogen (secondary N) is 1. The number of anilines is 1. The first-order chi connectivity index (χ1) is 11.7. The van der Waals surface area contributed by atoms with E-state index in [1.807, 2.05) is 13.0 Å². The van der Waals surface area contributed by atoms with Gasteiger partial charge in [-0.05, 0) is 24.8 Å². The maximum Gasteiger partial charge on any atom is 0.233 e. The van der Waals surface area contributed by atoms with Gasteiger partial charge in [-0.3, -0.25) is 4.79 Å². The van der Waals surface area contributed by atoms with Gasteiger partial charge in [0.25, 0.3) is 0 Å². The molecule has 128 valence electrons. The van der Waals surface area contributed by atoms with E-state index >= 15 is 0 Å². The maximum atomic E-state index is 12.1. The number of hydrogen-bond acceptors (Lipinski definition) is 8. The molecule has 0 aromatic carbocycles. The summed E-state index contributed by atoms with van der Waals surface area (Å²) in [5.41, 5.74) is 0. The van der Waals surface area contributed by atoms with E-state index in [-0.39, 0.29) is 5.91 Å². The fourth-order valence-electron chi connectivity index (χ4n) is 1.95. The molecule has 0 aliphatic carbocycles. The highest BCUT2D eigenvalue weighted by Gasteiger charge is 2.13. The molecule has 1 N–H and O–H groups in total. The van der Waals surface area contributed by atoms with Crippen molar-refractivity contribution in [1.82, 2.24) is 15.1 Å². The lowest BCUT2D eigenvalue weighted by Gasteiger charge is -2.18. The van der Waals surface area contributed by atoms with Gasteiger partial charge in [0.15, 0.2) is 4.34 Å².